The largest absolute Gasteiger partial charge is 0.444 e. The molecule has 0 aliphatic carbocycles. The van der Waals surface area contributed by atoms with E-state index in [4.69, 9.17) is 9.47 Å². The third kappa shape index (κ3) is 7.20. The van der Waals surface area contributed by atoms with Crippen molar-refractivity contribution >= 4 is 12.0 Å². The van der Waals surface area contributed by atoms with E-state index < -0.39 is 5.60 Å². The van der Waals surface area contributed by atoms with E-state index in [2.05, 4.69) is 10.6 Å². The predicted octanol–water partition coefficient (Wildman–Crippen LogP) is 3.45. The lowest BCUT2D eigenvalue weighted by Gasteiger charge is -2.38. The summed E-state index contributed by atoms with van der Waals surface area (Å²) in [6.07, 6.45) is 2.55. The molecule has 32 heavy (non-hydrogen) atoms. The van der Waals surface area contributed by atoms with Gasteiger partial charge in [0.1, 0.15) is 5.60 Å². The maximum absolute atomic E-state index is 12.7. The molecule has 2 aliphatic heterocycles. The molecule has 0 spiro atoms. The number of hydrogen-bond donors (Lipinski definition) is 2. The van der Waals surface area contributed by atoms with Crippen molar-refractivity contribution in [2.24, 2.45) is 11.8 Å². The topological polar surface area (TPSA) is 79.9 Å². The highest BCUT2D eigenvalue weighted by Crippen LogP contribution is 2.22. The molecule has 2 heterocycles. The Kier molecular flexibility index (Phi) is 8.54. The number of benzene rings is 1. The lowest BCUT2D eigenvalue weighted by atomic mass is 9.88. The maximum atomic E-state index is 12.7. The van der Waals surface area contributed by atoms with E-state index in [1.165, 1.54) is 0 Å². The summed E-state index contributed by atoms with van der Waals surface area (Å²) in [5.41, 5.74) is 0.252. The van der Waals surface area contributed by atoms with Gasteiger partial charge in [-0.25, -0.2) is 4.79 Å². The Labute approximate surface area is 192 Å². The van der Waals surface area contributed by atoms with Crippen LogP contribution >= 0.6 is 0 Å². The van der Waals surface area contributed by atoms with Crippen LogP contribution in [0.2, 0.25) is 0 Å². The van der Waals surface area contributed by atoms with Crippen molar-refractivity contribution in [2.45, 2.75) is 64.6 Å². The molecule has 3 rings (SSSR count). The van der Waals surface area contributed by atoms with Crippen molar-refractivity contribution in [3.8, 4) is 0 Å². The van der Waals surface area contributed by atoms with Crippen molar-refractivity contribution in [2.75, 3.05) is 32.8 Å². The number of carbonyl (C=O) groups excluding carboxylic acids is 2. The van der Waals surface area contributed by atoms with E-state index in [0.717, 1.165) is 51.1 Å². The summed E-state index contributed by atoms with van der Waals surface area (Å²) < 4.78 is 11.1. The summed E-state index contributed by atoms with van der Waals surface area (Å²) in [5.74, 6) is 0.868. The summed E-state index contributed by atoms with van der Waals surface area (Å²) in [6, 6.07) is 9.76. The smallest absolute Gasteiger partial charge is 0.407 e. The second-order valence-corrected chi connectivity index (χ2v) is 10.1. The van der Waals surface area contributed by atoms with Gasteiger partial charge in [-0.3, -0.25) is 4.79 Å². The normalized spacial score (nSPS) is 23.4. The molecule has 0 unspecified atom stereocenters. The monoisotopic (exact) mass is 445 g/mol. The minimum atomic E-state index is -0.513. The van der Waals surface area contributed by atoms with Crippen LogP contribution in [0, 0.1) is 11.8 Å². The molecular weight excluding hydrogens is 406 g/mol. The van der Waals surface area contributed by atoms with Crippen LogP contribution in [0.4, 0.5) is 4.79 Å². The van der Waals surface area contributed by atoms with Crippen LogP contribution in [0.15, 0.2) is 30.3 Å². The van der Waals surface area contributed by atoms with Gasteiger partial charge < -0.3 is 25.0 Å². The molecule has 0 saturated carbocycles. The van der Waals surface area contributed by atoms with Gasteiger partial charge in [0.25, 0.3) is 5.91 Å². The molecule has 2 aliphatic rings. The Morgan fingerprint density at radius 1 is 1.16 bits per heavy atom. The number of amides is 2. The van der Waals surface area contributed by atoms with Gasteiger partial charge >= 0.3 is 6.09 Å². The molecule has 1 aromatic carbocycles. The fourth-order valence-corrected chi connectivity index (χ4v) is 4.53. The molecule has 0 bridgehead atoms. The average Bonchev–Trinajstić information content (AvgIpc) is 2.77. The van der Waals surface area contributed by atoms with Gasteiger partial charge in [0.2, 0.25) is 0 Å². The van der Waals surface area contributed by atoms with E-state index in [1.54, 1.807) is 0 Å². The number of ether oxygens (including phenoxy) is 2. The fraction of sp³-hybridized carbons (Fsp3) is 0.680. The predicted molar refractivity (Wildman–Crippen MR) is 125 cm³/mol. The van der Waals surface area contributed by atoms with Crippen LogP contribution in [0.25, 0.3) is 0 Å². The zero-order chi connectivity index (χ0) is 23.1. The first-order valence-corrected chi connectivity index (χ1v) is 11.9. The number of rotatable bonds is 6. The summed E-state index contributed by atoms with van der Waals surface area (Å²) in [5, 5.41) is 6.73. The van der Waals surface area contributed by atoms with Crippen LogP contribution in [-0.2, 0) is 9.47 Å². The highest BCUT2D eigenvalue weighted by molar-refractivity contribution is 5.94. The molecule has 2 saturated heterocycles. The molecule has 7 heteroatoms. The molecule has 2 amide bonds. The van der Waals surface area contributed by atoms with Crippen LogP contribution in [0.5, 0.6) is 0 Å². The highest BCUT2D eigenvalue weighted by Gasteiger charge is 2.33. The van der Waals surface area contributed by atoms with Crippen LogP contribution in [0.3, 0.4) is 0 Å². The lowest BCUT2D eigenvalue weighted by molar-refractivity contribution is 0.0111. The zero-order valence-corrected chi connectivity index (χ0v) is 19.9. The third-order valence-corrected chi connectivity index (χ3v) is 6.38. The molecular formula is C25H39N3O4. The maximum Gasteiger partial charge on any atom is 0.407 e. The minimum absolute atomic E-state index is 0.0482. The number of hydrogen-bond acceptors (Lipinski definition) is 5. The van der Waals surface area contributed by atoms with Gasteiger partial charge in [0.15, 0.2) is 0 Å². The van der Waals surface area contributed by atoms with E-state index in [1.807, 2.05) is 62.9 Å². The van der Waals surface area contributed by atoms with Gasteiger partial charge in [-0.1, -0.05) is 18.2 Å². The molecule has 0 radical (unpaired) electrons. The standard InChI is InChI=1S/C25H39N3O4/c1-18(27-24(30)32-25(2,3)4)21-17-31-15-12-22(21)26-16-19-10-13-28(14-11-19)23(29)20-8-6-5-7-9-20/h5-9,18-19,21-22,26H,10-17H2,1-4H3,(H,27,30)/t18-,21-,22-/m0/s1. The van der Waals surface area contributed by atoms with Crippen LogP contribution in [0.1, 0.15) is 57.3 Å². The Hall–Kier alpha value is -2.12. The molecule has 1 aromatic rings. The number of piperidine rings is 1. The van der Waals surface area contributed by atoms with E-state index >= 15 is 0 Å². The van der Waals surface area contributed by atoms with Crippen molar-refractivity contribution < 1.29 is 19.1 Å². The molecule has 3 atom stereocenters. The van der Waals surface area contributed by atoms with Crippen LogP contribution in [-0.4, -0.2) is 67.4 Å². The number of nitrogens with zero attached hydrogens (tertiary/aromatic N) is 1. The van der Waals surface area contributed by atoms with Gasteiger partial charge in [-0.05, 0) is 71.6 Å². The first kappa shape index (κ1) is 24.5. The second kappa shape index (κ2) is 11.1. The summed E-state index contributed by atoms with van der Waals surface area (Å²) in [4.78, 5) is 26.8. The fourth-order valence-electron chi connectivity index (χ4n) is 4.53. The lowest BCUT2D eigenvalue weighted by Crippen LogP contribution is -2.54. The van der Waals surface area contributed by atoms with Gasteiger partial charge in [0, 0.05) is 43.3 Å². The number of carbonyl (C=O) groups is 2. The summed E-state index contributed by atoms with van der Waals surface area (Å²) in [6.45, 7) is 11.5. The highest BCUT2D eigenvalue weighted by atomic mass is 16.6. The van der Waals surface area contributed by atoms with Gasteiger partial charge in [-0.2, -0.15) is 0 Å². The van der Waals surface area contributed by atoms with E-state index in [0.29, 0.717) is 12.5 Å². The van der Waals surface area contributed by atoms with Gasteiger partial charge in [0.05, 0.1) is 6.61 Å². The van der Waals surface area contributed by atoms with Crippen molar-refractivity contribution in [1.29, 1.82) is 0 Å². The third-order valence-electron chi connectivity index (χ3n) is 6.38. The average molecular weight is 446 g/mol. The Balaban J connectivity index is 1.45. The first-order chi connectivity index (χ1) is 15.2. The van der Waals surface area contributed by atoms with Crippen molar-refractivity contribution in [3.05, 3.63) is 35.9 Å². The molecule has 178 valence electrons. The quantitative estimate of drug-likeness (QED) is 0.701. The van der Waals surface area contributed by atoms with E-state index in [9.17, 15) is 9.59 Å². The Bertz CT molecular complexity index is 741. The number of likely N-dealkylation sites (tertiary alicyclic amines) is 1. The molecule has 2 fully saturated rings. The molecule has 0 aromatic heterocycles. The first-order valence-electron chi connectivity index (χ1n) is 11.9. The number of alkyl carbamates (subject to hydrolysis) is 1. The van der Waals surface area contributed by atoms with E-state index in [-0.39, 0.29) is 30.0 Å². The van der Waals surface area contributed by atoms with Crippen LogP contribution < -0.4 is 10.6 Å². The second-order valence-electron chi connectivity index (χ2n) is 10.1. The SMILES string of the molecule is C[C@H](NC(=O)OC(C)(C)C)[C@@H]1COCC[C@@H]1NCC1CCN(C(=O)c2ccccc2)CC1. The Morgan fingerprint density at radius 2 is 1.84 bits per heavy atom. The molecule has 7 nitrogen and oxygen atoms in total. The Morgan fingerprint density at radius 3 is 2.50 bits per heavy atom. The number of nitrogens with one attached hydrogen (secondary N) is 2. The summed E-state index contributed by atoms with van der Waals surface area (Å²) in [7, 11) is 0. The zero-order valence-electron chi connectivity index (χ0n) is 19.9. The minimum Gasteiger partial charge on any atom is -0.444 e. The van der Waals surface area contributed by atoms with Crippen molar-refractivity contribution in [1.82, 2.24) is 15.5 Å². The molecule has 2 N–H and O–H groups in total. The summed E-state index contributed by atoms with van der Waals surface area (Å²) >= 11 is 0. The van der Waals surface area contributed by atoms with Gasteiger partial charge in [-0.15, -0.1) is 0 Å². The van der Waals surface area contributed by atoms with Crippen molar-refractivity contribution in [3.63, 3.8) is 0 Å².